The molecule has 1 aromatic rings. The van der Waals surface area contributed by atoms with E-state index < -0.39 is 23.7 Å². The van der Waals surface area contributed by atoms with E-state index in [4.69, 9.17) is 23.7 Å². The van der Waals surface area contributed by atoms with E-state index in [9.17, 15) is 9.59 Å². The molecule has 1 aromatic carbocycles. The van der Waals surface area contributed by atoms with Gasteiger partial charge in [-0.25, -0.2) is 4.79 Å². The maximum Gasteiger partial charge on any atom is 0.407 e. The van der Waals surface area contributed by atoms with Crippen molar-refractivity contribution in [2.24, 2.45) is 11.8 Å². The summed E-state index contributed by atoms with van der Waals surface area (Å²) in [6, 6.07) is 7.13. The van der Waals surface area contributed by atoms with Gasteiger partial charge in [0.05, 0.1) is 32.3 Å². The minimum Gasteiger partial charge on any atom is -0.497 e. The molecule has 1 aliphatic heterocycles. The van der Waals surface area contributed by atoms with Crippen molar-refractivity contribution >= 4 is 12.1 Å². The molecule has 1 saturated heterocycles. The second-order valence-corrected chi connectivity index (χ2v) is 8.04. The third-order valence-electron chi connectivity index (χ3n) is 4.46. The van der Waals surface area contributed by atoms with Crippen molar-refractivity contribution in [1.29, 1.82) is 0 Å². The lowest BCUT2D eigenvalue weighted by Crippen LogP contribution is -2.54. The number of ether oxygens (including phenoxy) is 5. The van der Waals surface area contributed by atoms with Gasteiger partial charge < -0.3 is 29.0 Å². The molecule has 29 heavy (non-hydrogen) atoms. The Morgan fingerprint density at radius 2 is 1.93 bits per heavy atom. The van der Waals surface area contributed by atoms with Gasteiger partial charge in [0.15, 0.2) is 0 Å². The second kappa shape index (κ2) is 10.5. The van der Waals surface area contributed by atoms with Crippen LogP contribution in [0.5, 0.6) is 5.75 Å². The van der Waals surface area contributed by atoms with E-state index in [0.29, 0.717) is 6.61 Å². The Kier molecular flexibility index (Phi) is 8.28. The van der Waals surface area contributed by atoms with Crippen LogP contribution in [0, 0.1) is 11.8 Å². The number of esters is 1. The molecule has 1 amide bonds. The van der Waals surface area contributed by atoms with Gasteiger partial charge in [0.1, 0.15) is 24.8 Å². The van der Waals surface area contributed by atoms with Crippen LogP contribution in [-0.4, -0.2) is 50.8 Å². The SMILES string of the molecule is COc1ccc(COCOC[C@@H]2COC(=O)N[C@H]2[C@@H](C)C(=O)OC(C)(C)C)cc1. The van der Waals surface area contributed by atoms with Crippen LogP contribution in [0.2, 0.25) is 0 Å². The van der Waals surface area contributed by atoms with E-state index in [1.807, 2.05) is 24.3 Å². The number of amides is 1. The summed E-state index contributed by atoms with van der Waals surface area (Å²) >= 11 is 0. The molecule has 0 unspecified atom stereocenters. The fourth-order valence-corrected chi connectivity index (χ4v) is 2.95. The summed E-state index contributed by atoms with van der Waals surface area (Å²) < 4.78 is 26.8. The van der Waals surface area contributed by atoms with Gasteiger partial charge in [-0.1, -0.05) is 12.1 Å². The van der Waals surface area contributed by atoms with Gasteiger partial charge in [-0.3, -0.25) is 4.79 Å². The number of hydrogen-bond donors (Lipinski definition) is 1. The number of methoxy groups -OCH3 is 1. The highest BCUT2D eigenvalue weighted by Gasteiger charge is 2.38. The highest BCUT2D eigenvalue weighted by molar-refractivity contribution is 5.75. The summed E-state index contributed by atoms with van der Waals surface area (Å²) in [6.07, 6.45) is -0.544. The van der Waals surface area contributed by atoms with E-state index in [-0.39, 0.29) is 31.9 Å². The first-order valence-corrected chi connectivity index (χ1v) is 9.64. The van der Waals surface area contributed by atoms with Crippen molar-refractivity contribution in [2.75, 3.05) is 27.1 Å². The Hall–Kier alpha value is -2.32. The molecule has 0 saturated carbocycles. The Morgan fingerprint density at radius 1 is 1.24 bits per heavy atom. The highest BCUT2D eigenvalue weighted by Crippen LogP contribution is 2.22. The van der Waals surface area contributed by atoms with Gasteiger partial charge >= 0.3 is 12.1 Å². The number of hydrogen-bond acceptors (Lipinski definition) is 7. The zero-order chi connectivity index (χ0) is 21.4. The lowest BCUT2D eigenvalue weighted by atomic mass is 9.89. The molecule has 2 rings (SSSR count). The third kappa shape index (κ3) is 7.55. The van der Waals surface area contributed by atoms with Crippen LogP contribution in [0.1, 0.15) is 33.3 Å². The molecule has 3 atom stereocenters. The number of alkyl carbamates (subject to hydrolysis) is 1. The quantitative estimate of drug-likeness (QED) is 0.381. The lowest BCUT2D eigenvalue weighted by Gasteiger charge is -2.35. The molecule has 1 fully saturated rings. The van der Waals surface area contributed by atoms with Crippen molar-refractivity contribution in [1.82, 2.24) is 5.32 Å². The Labute approximate surface area is 171 Å². The van der Waals surface area contributed by atoms with Gasteiger partial charge in [0.25, 0.3) is 0 Å². The van der Waals surface area contributed by atoms with Gasteiger partial charge in [-0.15, -0.1) is 0 Å². The van der Waals surface area contributed by atoms with Crippen LogP contribution >= 0.6 is 0 Å². The molecular weight excluding hydrogens is 378 g/mol. The summed E-state index contributed by atoms with van der Waals surface area (Å²) in [5, 5.41) is 2.72. The molecule has 8 heteroatoms. The maximum absolute atomic E-state index is 12.4. The number of cyclic esters (lactones) is 1. The normalized spacial score (nSPS) is 20.4. The van der Waals surface area contributed by atoms with E-state index in [0.717, 1.165) is 11.3 Å². The van der Waals surface area contributed by atoms with E-state index in [2.05, 4.69) is 5.32 Å². The second-order valence-electron chi connectivity index (χ2n) is 8.04. The van der Waals surface area contributed by atoms with Crippen molar-refractivity contribution in [3.05, 3.63) is 29.8 Å². The molecule has 1 heterocycles. The van der Waals surface area contributed by atoms with Gasteiger partial charge in [0, 0.05) is 5.92 Å². The van der Waals surface area contributed by atoms with Gasteiger partial charge in [-0.2, -0.15) is 0 Å². The standard InChI is InChI=1S/C21H31NO7/c1-14(19(23)29-21(2,3)4)18-16(12-28-20(24)22-18)11-27-13-26-10-15-6-8-17(25-5)9-7-15/h6-9,14,16,18H,10-13H2,1-5H3,(H,22,24)/t14-,16-,18+/m1/s1. The van der Waals surface area contributed by atoms with Crippen molar-refractivity contribution in [3.63, 3.8) is 0 Å². The van der Waals surface area contributed by atoms with Crippen LogP contribution in [0.3, 0.4) is 0 Å². The summed E-state index contributed by atoms with van der Waals surface area (Å²) in [7, 11) is 1.62. The van der Waals surface area contributed by atoms with Crippen LogP contribution in [0.15, 0.2) is 24.3 Å². The Morgan fingerprint density at radius 3 is 2.55 bits per heavy atom. The molecule has 0 radical (unpaired) electrons. The van der Waals surface area contributed by atoms with Crippen LogP contribution in [0.4, 0.5) is 4.79 Å². The molecule has 0 bridgehead atoms. The van der Waals surface area contributed by atoms with E-state index in [1.54, 1.807) is 34.8 Å². The molecule has 0 aliphatic carbocycles. The summed E-state index contributed by atoms with van der Waals surface area (Å²) in [6.45, 7) is 8.09. The van der Waals surface area contributed by atoms with Crippen LogP contribution in [0.25, 0.3) is 0 Å². The van der Waals surface area contributed by atoms with Crippen LogP contribution < -0.4 is 10.1 Å². The monoisotopic (exact) mass is 409 g/mol. The smallest absolute Gasteiger partial charge is 0.407 e. The number of benzene rings is 1. The first kappa shape index (κ1) is 23.0. The number of carbonyl (C=O) groups is 2. The lowest BCUT2D eigenvalue weighted by molar-refractivity contribution is -0.162. The fraction of sp³-hybridized carbons (Fsp3) is 0.619. The molecule has 162 valence electrons. The first-order valence-electron chi connectivity index (χ1n) is 9.64. The topological polar surface area (TPSA) is 92.3 Å². The maximum atomic E-state index is 12.4. The summed E-state index contributed by atoms with van der Waals surface area (Å²) in [4.78, 5) is 24.1. The Balaban J connectivity index is 1.80. The molecule has 1 aliphatic rings. The highest BCUT2D eigenvalue weighted by atomic mass is 16.7. The van der Waals surface area contributed by atoms with Gasteiger partial charge in [0.2, 0.25) is 0 Å². The van der Waals surface area contributed by atoms with Gasteiger partial charge in [-0.05, 0) is 45.4 Å². The number of rotatable bonds is 9. The predicted molar refractivity (Wildman–Crippen MR) is 105 cm³/mol. The minimum absolute atomic E-state index is 0.0873. The summed E-state index contributed by atoms with van der Waals surface area (Å²) in [5.41, 5.74) is 0.404. The zero-order valence-electron chi connectivity index (χ0n) is 17.7. The molecule has 0 spiro atoms. The minimum atomic E-state index is -0.595. The first-order chi connectivity index (χ1) is 13.7. The van der Waals surface area contributed by atoms with E-state index in [1.165, 1.54) is 0 Å². The zero-order valence-corrected chi connectivity index (χ0v) is 17.7. The van der Waals surface area contributed by atoms with Crippen molar-refractivity contribution < 1.29 is 33.3 Å². The third-order valence-corrected chi connectivity index (χ3v) is 4.46. The van der Waals surface area contributed by atoms with Crippen molar-refractivity contribution in [2.45, 2.75) is 45.9 Å². The van der Waals surface area contributed by atoms with E-state index >= 15 is 0 Å². The molecule has 0 aromatic heterocycles. The largest absolute Gasteiger partial charge is 0.497 e. The van der Waals surface area contributed by atoms with Crippen LogP contribution in [-0.2, 0) is 30.3 Å². The molecular formula is C21H31NO7. The number of carbonyl (C=O) groups excluding carboxylic acids is 2. The molecule has 1 N–H and O–H groups in total. The molecule has 8 nitrogen and oxygen atoms in total. The predicted octanol–water partition coefficient (Wildman–Crippen LogP) is 2.89. The summed E-state index contributed by atoms with van der Waals surface area (Å²) in [5.74, 6) is -0.310. The number of nitrogens with one attached hydrogen (secondary N) is 1. The average Bonchev–Trinajstić information content (AvgIpc) is 2.67. The fourth-order valence-electron chi connectivity index (χ4n) is 2.95. The van der Waals surface area contributed by atoms with Crippen molar-refractivity contribution in [3.8, 4) is 5.75 Å². The Bertz CT molecular complexity index is 669. The average molecular weight is 409 g/mol.